The Balaban J connectivity index is 2.25. The quantitative estimate of drug-likeness (QED) is 0.573. The van der Waals surface area contributed by atoms with Crippen LogP contribution in [0, 0.1) is 5.92 Å². The summed E-state index contributed by atoms with van der Waals surface area (Å²) < 4.78 is 10.2. The molecule has 1 heterocycles. The molecular weight excluding hydrogens is 338 g/mol. The van der Waals surface area contributed by atoms with Gasteiger partial charge < -0.3 is 19.5 Å². The van der Waals surface area contributed by atoms with Gasteiger partial charge in [0.15, 0.2) is 6.10 Å². The van der Waals surface area contributed by atoms with Crippen LogP contribution in [-0.2, 0) is 23.9 Å². The van der Waals surface area contributed by atoms with Gasteiger partial charge in [0.25, 0.3) is 5.91 Å². The molecule has 26 heavy (non-hydrogen) atoms. The summed E-state index contributed by atoms with van der Waals surface area (Å²) in [4.78, 5) is 37.1. The molecule has 3 atom stereocenters. The van der Waals surface area contributed by atoms with Crippen molar-refractivity contribution in [3.63, 3.8) is 0 Å². The molecular formula is C19H23NO6. The first kappa shape index (κ1) is 19.7. The summed E-state index contributed by atoms with van der Waals surface area (Å²) in [6.07, 6.45) is 9.52. The van der Waals surface area contributed by atoms with Gasteiger partial charge in [0.1, 0.15) is 0 Å². The normalized spacial score (nSPS) is 24.3. The summed E-state index contributed by atoms with van der Waals surface area (Å²) in [7, 11) is 0. The zero-order chi connectivity index (χ0) is 19.1. The minimum Gasteiger partial charge on any atom is -0.478 e. The first-order valence-electron chi connectivity index (χ1n) is 8.44. The summed E-state index contributed by atoms with van der Waals surface area (Å²) >= 11 is 0. The fourth-order valence-corrected chi connectivity index (χ4v) is 2.83. The van der Waals surface area contributed by atoms with Crippen LogP contribution in [0.2, 0.25) is 0 Å². The summed E-state index contributed by atoms with van der Waals surface area (Å²) in [6.45, 7) is 5.40. The Hall–Kier alpha value is -2.67. The van der Waals surface area contributed by atoms with E-state index in [0.29, 0.717) is 18.7 Å². The van der Waals surface area contributed by atoms with Gasteiger partial charge >= 0.3 is 11.9 Å². The van der Waals surface area contributed by atoms with E-state index in [1.165, 1.54) is 4.90 Å². The third-order valence-electron chi connectivity index (χ3n) is 4.03. The minimum atomic E-state index is -1.68. The summed E-state index contributed by atoms with van der Waals surface area (Å²) in [5.41, 5.74) is 0.639. The van der Waals surface area contributed by atoms with E-state index in [2.05, 4.69) is 6.58 Å². The number of amides is 1. The van der Waals surface area contributed by atoms with E-state index in [1.807, 2.05) is 30.4 Å². The SMILES string of the molecule is C=CCC1C=CC=C(N2CCCO[C@H]([C@@H](OC(C)=O)C(=O)O)C2=O)C=C1. The maximum Gasteiger partial charge on any atom is 0.348 e. The van der Waals surface area contributed by atoms with E-state index < -0.39 is 30.1 Å². The fraction of sp³-hybridized carbons (Fsp3) is 0.421. The van der Waals surface area contributed by atoms with E-state index >= 15 is 0 Å². The topological polar surface area (TPSA) is 93.1 Å². The minimum absolute atomic E-state index is 0.184. The van der Waals surface area contributed by atoms with Crippen molar-refractivity contribution in [1.29, 1.82) is 0 Å². The van der Waals surface area contributed by atoms with Gasteiger partial charge in [-0.1, -0.05) is 24.3 Å². The van der Waals surface area contributed by atoms with Crippen LogP contribution in [-0.4, -0.2) is 53.2 Å². The molecule has 0 aromatic heterocycles. The number of carbonyl (C=O) groups is 3. The molecule has 7 nitrogen and oxygen atoms in total. The average molecular weight is 361 g/mol. The van der Waals surface area contributed by atoms with Crippen LogP contribution >= 0.6 is 0 Å². The lowest BCUT2D eigenvalue weighted by molar-refractivity contribution is -0.177. The molecule has 0 bridgehead atoms. The predicted molar refractivity (Wildman–Crippen MR) is 93.9 cm³/mol. The number of hydrogen-bond donors (Lipinski definition) is 1. The molecule has 1 aliphatic carbocycles. The number of hydrogen-bond acceptors (Lipinski definition) is 5. The van der Waals surface area contributed by atoms with Crippen molar-refractivity contribution in [2.45, 2.75) is 32.0 Å². The number of rotatable bonds is 6. The lowest BCUT2D eigenvalue weighted by Crippen LogP contribution is -2.49. The van der Waals surface area contributed by atoms with Gasteiger partial charge in [-0.25, -0.2) is 4.79 Å². The van der Waals surface area contributed by atoms with Crippen molar-refractivity contribution in [3.05, 3.63) is 48.7 Å². The van der Waals surface area contributed by atoms with E-state index in [0.717, 1.165) is 13.3 Å². The number of nitrogens with zero attached hydrogens (tertiary/aromatic N) is 1. The Bertz CT molecular complexity index is 663. The van der Waals surface area contributed by atoms with E-state index in [1.54, 1.807) is 6.08 Å². The molecule has 2 rings (SSSR count). The fourth-order valence-electron chi connectivity index (χ4n) is 2.83. The second-order valence-corrected chi connectivity index (χ2v) is 6.03. The highest BCUT2D eigenvalue weighted by atomic mass is 16.6. The molecule has 0 radical (unpaired) electrons. The van der Waals surface area contributed by atoms with Crippen LogP contribution in [0.3, 0.4) is 0 Å². The van der Waals surface area contributed by atoms with Crippen LogP contribution < -0.4 is 0 Å². The third kappa shape index (κ3) is 4.92. The Morgan fingerprint density at radius 3 is 2.92 bits per heavy atom. The predicted octanol–water partition coefficient (Wildman–Crippen LogP) is 1.82. The molecule has 1 aliphatic heterocycles. The second-order valence-electron chi connectivity index (χ2n) is 6.03. The Morgan fingerprint density at radius 1 is 1.50 bits per heavy atom. The molecule has 1 fully saturated rings. The lowest BCUT2D eigenvalue weighted by atomic mass is 10.1. The van der Waals surface area contributed by atoms with E-state index in [-0.39, 0.29) is 12.5 Å². The van der Waals surface area contributed by atoms with Crippen molar-refractivity contribution in [3.8, 4) is 0 Å². The van der Waals surface area contributed by atoms with Crippen LogP contribution in [0.1, 0.15) is 19.8 Å². The first-order valence-corrected chi connectivity index (χ1v) is 8.44. The maximum atomic E-state index is 12.9. The Kier molecular flexibility index (Phi) is 6.91. The Labute approximate surface area is 152 Å². The van der Waals surface area contributed by atoms with Crippen LogP contribution in [0.25, 0.3) is 0 Å². The van der Waals surface area contributed by atoms with Crippen molar-refractivity contribution < 1.29 is 29.0 Å². The van der Waals surface area contributed by atoms with Crippen LogP contribution in [0.4, 0.5) is 0 Å². The smallest absolute Gasteiger partial charge is 0.348 e. The molecule has 2 aliphatic rings. The maximum absolute atomic E-state index is 12.9. The molecule has 1 saturated heterocycles. The van der Waals surface area contributed by atoms with E-state index in [9.17, 15) is 19.5 Å². The molecule has 1 unspecified atom stereocenters. The van der Waals surface area contributed by atoms with Gasteiger partial charge in [0, 0.05) is 25.8 Å². The van der Waals surface area contributed by atoms with Gasteiger partial charge in [0.05, 0.1) is 0 Å². The van der Waals surface area contributed by atoms with Crippen LogP contribution in [0.15, 0.2) is 48.7 Å². The number of aliphatic carboxylic acids is 1. The molecule has 140 valence electrons. The number of ether oxygens (including phenoxy) is 2. The number of carboxylic acids is 1. The standard InChI is InChI=1S/C19H23NO6/c1-3-6-14-7-4-8-15(10-9-14)20-11-5-12-25-16(18(20)22)17(19(23)24)26-13(2)21/h3-4,7-10,14,16-17H,1,5-6,11-12H2,2H3,(H,23,24)/t14?,16-,17-/m1/s1. The monoisotopic (exact) mass is 361 g/mol. The zero-order valence-corrected chi connectivity index (χ0v) is 14.7. The van der Waals surface area contributed by atoms with Gasteiger partial charge in [0.2, 0.25) is 6.10 Å². The molecule has 0 spiro atoms. The lowest BCUT2D eigenvalue weighted by Gasteiger charge is -2.27. The van der Waals surface area contributed by atoms with Crippen molar-refractivity contribution >= 4 is 17.8 Å². The summed E-state index contributed by atoms with van der Waals surface area (Å²) in [5, 5.41) is 9.34. The largest absolute Gasteiger partial charge is 0.478 e. The summed E-state index contributed by atoms with van der Waals surface area (Å²) in [6, 6.07) is 0. The van der Waals surface area contributed by atoms with Gasteiger partial charge in [-0.3, -0.25) is 9.59 Å². The van der Waals surface area contributed by atoms with E-state index in [4.69, 9.17) is 9.47 Å². The highest BCUT2D eigenvalue weighted by molar-refractivity contribution is 5.90. The molecule has 1 amide bonds. The van der Waals surface area contributed by atoms with Crippen molar-refractivity contribution in [2.24, 2.45) is 5.92 Å². The first-order chi connectivity index (χ1) is 12.4. The molecule has 1 N–H and O–H groups in total. The molecule has 7 heteroatoms. The highest BCUT2D eigenvalue weighted by Crippen LogP contribution is 2.22. The molecule has 0 aromatic carbocycles. The zero-order valence-electron chi connectivity index (χ0n) is 14.7. The molecule has 0 aromatic rings. The van der Waals surface area contributed by atoms with Crippen LogP contribution in [0.5, 0.6) is 0 Å². The Morgan fingerprint density at radius 2 is 2.27 bits per heavy atom. The van der Waals surface area contributed by atoms with Gasteiger partial charge in [-0.15, -0.1) is 6.58 Å². The number of esters is 1. The van der Waals surface area contributed by atoms with Gasteiger partial charge in [-0.05, 0) is 30.9 Å². The average Bonchev–Trinajstić information content (AvgIpc) is 2.91. The molecule has 0 saturated carbocycles. The summed E-state index contributed by atoms with van der Waals surface area (Å²) in [5.74, 6) is -2.56. The number of allylic oxidation sites excluding steroid dienone is 6. The van der Waals surface area contributed by atoms with Crippen molar-refractivity contribution in [2.75, 3.05) is 13.2 Å². The second kappa shape index (κ2) is 9.15. The highest BCUT2D eigenvalue weighted by Gasteiger charge is 2.41. The number of carbonyl (C=O) groups excluding carboxylic acids is 2. The van der Waals surface area contributed by atoms with Gasteiger partial charge in [-0.2, -0.15) is 0 Å². The third-order valence-corrected chi connectivity index (χ3v) is 4.03. The number of carboxylic acid groups (broad SMARTS) is 1. The van der Waals surface area contributed by atoms with Crippen molar-refractivity contribution in [1.82, 2.24) is 4.90 Å².